The molecule has 45 heteroatoms. The Morgan fingerprint density at radius 3 is 0.817 bits per heavy atom. The van der Waals surface area contributed by atoms with E-state index in [2.05, 4.69) is 12.2 Å². The number of aliphatic carboxylic acids is 18. The maximum atomic E-state index is 10.4. The number of aliphatic hydroxyl groups excluding tert-OH is 4. The summed E-state index contributed by atoms with van der Waals surface area (Å²) in [6, 6.07) is -2.81. The summed E-state index contributed by atoms with van der Waals surface area (Å²) < 4.78 is 0. The van der Waals surface area contributed by atoms with E-state index in [1.165, 1.54) is 13.8 Å². The molecule has 8 unspecified atom stereocenters. The second kappa shape index (κ2) is 99.1. The fourth-order valence-corrected chi connectivity index (χ4v) is 4.88. The zero-order valence-corrected chi connectivity index (χ0v) is 83.1. The molecule has 1 aliphatic rings. The monoisotopic (exact) mass is 1920 g/mol. The first kappa shape index (κ1) is 161. The molecule has 1 saturated heterocycles. The minimum absolute atomic E-state index is 0.0208. The van der Waals surface area contributed by atoms with Crippen LogP contribution in [0, 0.1) is 57.2 Å². The molecule has 784 valence electrons. The average molecular weight is 1920 g/mol. The van der Waals surface area contributed by atoms with Crippen LogP contribution >= 0.6 is 0 Å². The molecule has 31 N–H and O–H groups in total. The Kier molecular flexibility index (Phi) is 122. The molecule has 0 aromatic heterocycles. The maximum absolute atomic E-state index is 10.4. The largest absolute Gasteiger partial charge is 0.481 e. The van der Waals surface area contributed by atoms with E-state index in [0.717, 1.165) is 44.9 Å². The van der Waals surface area contributed by atoms with Gasteiger partial charge in [-0.1, -0.05) is 178 Å². The highest BCUT2D eigenvalue weighted by molar-refractivity contribution is 5.78. The lowest BCUT2D eigenvalue weighted by Gasteiger charge is -2.18. The van der Waals surface area contributed by atoms with Crippen LogP contribution in [0.3, 0.4) is 0 Å². The third-order valence-electron chi connectivity index (χ3n) is 15.0. The van der Waals surface area contributed by atoms with Gasteiger partial charge in [0.1, 0.15) is 29.7 Å². The van der Waals surface area contributed by atoms with Gasteiger partial charge in [-0.2, -0.15) is 0 Å². The highest BCUT2D eigenvalue weighted by atomic mass is 16.4. The number of rotatable bonds is 34. The number of carbonyl (C=O) groups is 18. The van der Waals surface area contributed by atoms with Gasteiger partial charge in [-0.15, -0.1) is 0 Å². The first-order valence-corrected chi connectivity index (χ1v) is 42.3. The fraction of sp³-hybridized carbons (Fsp3) is 0.791. The average Bonchev–Trinajstić information content (AvgIpc) is 1.86. The smallest absolute Gasteiger partial charge is 0.323 e. The summed E-state index contributed by atoms with van der Waals surface area (Å²) in [5.41, 5.74) is 17.4. The van der Waals surface area contributed by atoms with Crippen molar-refractivity contribution in [3.05, 3.63) is 0 Å². The van der Waals surface area contributed by atoms with Gasteiger partial charge in [0.05, 0.1) is 72.1 Å². The molecule has 0 aromatic rings. The van der Waals surface area contributed by atoms with Crippen LogP contribution in [0.2, 0.25) is 0 Å². The van der Waals surface area contributed by atoms with E-state index >= 15 is 0 Å². The number of carboxylic acid groups (broad SMARTS) is 18. The van der Waals surface area contributed by atoms with Crippen molar-refractivity contribution < 1.29 is 199 Å². The first-order valence-electron chi connectivity index (χ1n) is 42.3. The van der Waals surface area contributed by atoms with Gasteiger partial charge in [0.2, 0.25) is 0 Å². The molecule has 0 aliphatic carbocycles. The van der Waals surface area contributed by atoms with Crippen molar-refractivity contribution in [2.45, 2.75) is 359 Å². The van der Waals surface area contributed by atoms with Crippen LogP contribution < -0.4 is 28.3 Å². The van der Waals surface area contributed by atoms with Gasteiger partial charge in [0.25, 0.3) is 0 Å². The quantitative estimate of drug-likeness (QED) is 0.0266. The Bertz CT molecular complexity index is 2930. The molecule has 0 aromatic carbocycles. The molecule has 45 nitrogen and oxygen atoms in total. The van der Waals surface area contributed by atoms with Crippen LogP contribution in [0.5, 0.6) is 0 Å². The lowest BCUT2D eigenvalue weighted by Crippen LogP contribution is -2.43. The molecule has 0 amide bonds. The summed E-state index contributed by atoms with van der Waals surface area (Å²) in [7, 11) is 0. The van der Waals surface area contributed by atoms with E-state index in [9.17, 15) is 86.3 Å². The van der Waals surface area contributed by atoms with E-state index in [-0.39, 0.29) is 92.8 Å². The highest BCUT2D eigenvalue weighted by Gasteiger charge is 2.31. The minimum Gasteiger partial charge on any atom is -0.481 e. The highest BCUT2D eigenvalue weighted by Crippen LogP contribution is 2.22. The van der Waals surface area contributed by atoms with Gasteiger partial charge in [0, 0.05) is 32.3 Å². The SMILES string of the molecule is CC(C)(C)C(=O)O.CC(C)(C)CC(=O)O.CC(C)C(=O)O.CC(C)C(=O)O.CC(C)C(=O)O.CC(C)C(N)C(=O)O.CC(C)CC(=O)O.CCC(=O)O.CCC(C)(CO)C(=O)O.CCC(C)(N)C(=O)O.CCC(C)C(=O)O.CCC(N)C(=O)O.CCCC(C)(C)C(=O)O.CCCC(N)C(=O)O.CCCCCC(=O)O.O=C(O)C1NCCC1O.O=C(O)CCCO.O=C(O)CCO. The van der Waals surface area contributed by atoms with Crippen LogP contribution in [0.25, 0.3) is 0 Å². The maximum Gasteiger partial charge on any atom is 0.323 e. The number of carboxylic acids is 18. The van der Waals surface area contributed by atoms with E-state index in [0.29, 0.717) is 51.5 Å². The van der Waals surface area contributed by atoms with Crippen LogP contribution in [-0.4, -0.2) is 282 Å². The van der Waals surface area contributed by atoms with Gasteiger partial charge in [-0.05, 0) is 130 Å². The van der Waals surface area contributed by atoms with E-state index < -0.39 is 160 Å². The number of nitrogens with one attached hydrogen (secondary N) is 1. The van der Waals surface area contributed by atoms with Gasteiger partial charge >= 0.3 is 107 Å². The van der Waals surface area contributed by atoms with Crippen molar-refractivity contribution in [2.75, 3.05) is 26.4 Å². The van der Waals surface area contributed by atoms with E-state index in [1.807, 2.05) is 55.4 Å². The van der Waals surface area contributed by atoms with Crippen LogP contribution in [0.1, 0.15) is 323 Å². The third kappa shape index (κ3) is 158. The van der Waals surface area contributed by atoms with Crippen molar-refractivity contribution in [1.29, 1.82) is 0 Å². The number of unbranched alkanes of at least 4 members (excludes halogenated alkanes) is 2. The lowest BCUT2D eigenvalue weighted by atomic mass is 9.88. The van der Waals surface area contributed by atoms with Gasteiger partial charge in [-0.25, -0.2) is 0 Å². The van der Waals surface area contributed by atoms with Crippen LogP contribution in [-0.2, 0) is 86.3 Å². The Balaban J connectivity index is -0.0000000702. The summed E-state index contributed by atoms with van der Waals surface area (Å²) in [6.45, 7) is 50.7. The lowest BCUT2D eigenvalue weighted by molar-refractivity contribution is -0.151. The molecule has 0 bridgehead atoms. The summed E-state index contributed by atoms with van der Waals surface area (Å²) in [6.07, 6.45) is 9.33. The summed E-state index contributed by atoms with van der Waals surface area (Å²) in [5.74, 6) is -15.3. The van der Waals surface area contributed by atoms with Crippen molar-refractivity contribution in [3.63, 3.8) is 0 Å². The van der Waals surface area contributed by atoms with Gasteiger partial charge < -0.3 is 141 Å². The Hall–Kier alpha value is -9.90. The van der Waals surface area contributed by atoms with Crippen LogP contribution in [0.4, 0.5) is 0 Å². The number of hydrogen-bond acceptors (Lipinski definition) is 27. The number of hydrogen-bond donors (Lipinski definition) is 27. The molecule has 1 aliphatic heterocycles. The van der Waals surface area contributed by atoms with Crippen molar-refractivity contribution >= 4 is 107 Å². The van der Waals surface area contributed by atoms with Gasteiger partial charge in [0.15, 0.2) is 0 Å². The van der Waals surface area contributed by atoms with Gasteiger partial charge in [-0.3, -0.25) is 86.3 Å². The molecule has 1 heterocycles. The van der Waals surface area contributed by atoms with Crippen molar-refractivity contribution in [3.8, 4) is 0 Å². The summed E-state index contributed by atoms with van der Waals surface area (Å²) in [5, 5.41) is 183. The van der Waals surface area contributed by atoms with E-state index in [1.54, 1.807) is 125 Å². The Labute approximate surface area is 773 Å². The normalized spacial score (nSPS) is 13.2. The molecule has 131 heavy (non-hydrogen) atoms. The second-order valence-electron chi connectivity index (χ2n) is 33.2. The van der Waals surface area contributed by atoms with Crippen molar-refractivity contribution in [1.82, 2.24) is 5.32 Å². The molecule has 1 fully saturated rings. The summed E-state index contributed by atoms with van der Waals surface area (Å²) >= 11 is 0. The standard InChI is InChI=1S/C7H14O2.C6H12O3.2C6H12O2.C5H9NO3.3C5H11NO2.3C5H10O2.C4H9NO2.C4H8O3.3C4H8O2.C3H6O3.C3H6O2/c1-4-5-7(2,3)6(8)9;1-3-6(2,4-7)5(8)9;1-6(2,3)4-5(7)8;1-2-3-4-5-6(7)8;7-3-1-2-6-4(3)5(8)9;1-3-5(2,6)4(7)8;1-3(2)4(6)5(7)8;1-2-3-4(6)5(7)8;1-5(2,3)4(6)7;1-4(2)3-5(6)7;1-3-4(2)5(6)7;1-2-3(5)4(6)7;5-3-1-2-4(6)7;3*1-3(2)4(5)6;4-2-1-3(5)6;1-2-3(4)5/h4-5H2,1-3H3,(H,8,9);7H,3-4H2,1-2H3,(H,8,9);4H2,1-3H3,(H,7,8);2-5H2,1H3,(H,7,8);3-4,6-7H,1-2H2,(H,8,9);3,6H2,1-2H3,(H,7,8);3-4H,6H2,1-2H3,(H,7,8);4H,2-3,6H2,1H3,(H,7,8);1-3H3,(H,6,7);2*4H,3H2,1-2H3,(H,6,7);3H,2,5H2,1H3,(H,6,7);5H,1-3H2,(H,6,7);3*3H,1-2H3,(H,5,6);4H,1-2H2,(H,5,6);2H2,1H3,(H,4,5). The Morgan fingerprint density at radius 1 is 0.397 bits per heavy atom. The predicted molar refractivity (Wildman–Crippen MR) is 490 cm³/mol. The zero-order valence-electron chi connectivity index (χ0n) is 83.1. The molecule has 8 atom stereocenters. The molecular formula is C86H175N5O40. The third-order valence-corrected chi connectivity index (χ3v) is 15.0. The van der Waals surface area contributed by atoms with E-state index in [4.69, 9.17) is 135 Å². The number of nitrogens with two attached hydrogens (primary N) is 4. The summed E-state index contributed by atoms with van der Waals surface area (Å²) in [4.78, 5) is 178. The minimum atomic E-state index is -1.04. The Morgan fingerprint density at radius 2 is 0.756 bits per heavy atom. The first-order chi connectivity index (χ1) is 58.9. The molecule has 1 rings (SSSR count). The van der Waals surface area contributed by atoms with Crippen molar-refractivity contribution in [2.24, 2.45) is 80.1 Å². The number of aliphatic hydroxyl groups is 4. The second-order valence-corrected chi connectivity index (χ2v) is 33.2. The molecule has 0 spiro atoms. The topological polar surface area (TPSA) is 868 Å². The predicted octanol–water partition coefficient (Wildman–Crippen LogP) is 9.90. The fourth-order valence-electron chi connectivity index (χ4n) is 4.88. The zero-order chi connectivity index (χ0) is 109. The molecular weight excluding hydrogens is 1740 g/mol. The molecule has 0 saturated carbocycles. The molecule has 0 radical (unpaired) electrons. The van der Waals surface area contributed by atoms with Crippen LogP contribution in [0.15, 0.2) is 0 Å².